The molecular formula is C19H32F5N5O2. The summed E-state index contributed by atoms with van der Waals surface area (Å²) in [6.07, 6.45) is -4.11. The molecule has 3 fully saturated rings. The fourth-order valence-electron chi connectivity index (χ4n) is 5.01. The van der Waals surface area contributed by atoms with Crippen LogP contribution in [0.2, 0.25) is 0 Å². The monoisotopic (exact) mass is 457 g/mol. The zero-order chi connectivity index (χ0) is 23.0. The molecule has 2 saturated heterocycles. The Morgan fingerprint density at radius 1 is 1.10 bits per heavy atom. The molecule has 3 aliphatic rings. The molecule has 31 heavy (non-hydrogen) atoms. The molecular weight excluding hydrogens is 425 g/mol. The Kier molecular flexibility index (Phi) is 7.17. The number of rotatable bonds is 5. The van der Waals surface area contributed by atoms with Gasteiger partial charge in [0.2, 0.25) is 11.5 Å². The summed E-state index contributed by atoms with van der Waals surface area (Å²) in [5.74, 6) is -7.10. The van der Waals surface area contributed by atoms with Gasteiger partial charge in [-0.3, -0.25) is 9.69 Å². The Balaban J connectivity index is 1.69. The van der Waals surface area contributed by atoms with Crippen LogP contribution in [0.3, 0.4) is 0 Å². The highest BCUT2D eigenvalue weighted by Gasteiger charge is 2.71. The second-order valence-electron chi connectivity index (χ2n) is 9.20. The summed E-state index contributed by atoms with van der Waals surface area (Å²) in [5.41, 5.74) is 1.72. The molecule has 6 atom stereocenters. The molecule has 3 rings (SSSR count). The lowest BCUT2D eigenvalue weighted by Gasteiger charge is -2.48. The van der Waals surface area contributed by atoms with Gasteiger partial charge in [0.05, 0.1) is 6.17 Å². The molecule has 7 nitrogen and oxygen atoms in total. The number of hydrogen-bond donors (Lipinski definition) is 5. The number of hydrogen-bond acceptors (Lipinski definition) is 6. The van der Waals surface area contributed by atoms with E-state index in [0.29, 0.717) is 19.3 Å². The number of alkyl halides is 5. The van der Waals surface area contributed by atoms with E-state index < -0.39 is 41.6 Å². The number of aliphatic hydroxyl groups is 1. The SMILES string of the molecule is CC1CCC(NC(=O)C2CCC(N3CCNC3)NN2)C(C(O)(C(C)(F)F)C(F)(F)F)C1. The highest BCUT2D eigenvalue weighted by atomic mass is 19.4. The molecule has 12 heteroatoms. The first kappa shape index (κ1) is 24.6. The first-order chi connectivity index (χ1) is 14.3. The van der Waals surface area contributed by atoms with Gasteiger partial charge in [0.1, 0.15) is 6.04 Å². The maximum absolute atomic E-state index is 14.1. The number of carbonyl (C=O) groups excluding carboxylic acids is 1. The third-order valence-corrected chi connectivity index (χ3v) is 6.88. The lowest BCUT2D eigenvalue weighted by atomic mass is 9.67. The average Bonchev–Trinajstić information content (AvgIpc) is 3.22. The van der Waals surface area contributed by atoms with Gasteiger partial charge in [0.15, 0.2) is 0 Å². The number of halogens is 5. The van der Waals surface area contributed by atoms with E-state index in [0.717, 1.165) is 19.8 Å². The van der Waals surface area contributed by atoms with Crippen LogP contribution in [0.1, 0.15) is 46.0 Å². The second kappa shape index (κ2) is 9.05. The zero-order valence-electron chi connectivity index (χ0n) is 17.7. The summed E-state index contributed by atoms with van der Waals surface area (Å²) in [5, 5.41) is 16.1. The van der Waals surface area contributed by atoms with Crippen molar-refractivity contribution in [2.75, 3.05) is 19.8 Å². The Morgan fingerprint density at radius 2 is 1.81 bits per heavy atom. The summed E-state index contributed by atoms with van der Waals surface area (Å²) in [6.45, 7) is 4.20. The van der Waals surface area contributed by atoms with Crippen molar-refractivity contribution >= 4 is 5.91 Å². The van der Waals surface area contributed by atoms with E-state index in [9.17, 15) is 31.9 Å². The van der Waals surface area contributed by atoms with Crippen LogP contribution in [0, 0.1) is 11.8 Å². The molecule has 180 valence electrons. The summed E-state index contributed by atoms with van der Waals surface area (Å²) in [7, 11) is 0. The Hall–Kier alpha value is -1.08. The molecule has 2 aliphatic heterocycles. The average molecular weight is 457 g/mol. The molecule has 1 amide bonds. The van der Waals surface area contributed by atoms with E-state index >= 15 is 0 Å². The molecule has 0 bridgehead atoms. The third-order valence-electron chi connectivity index (χ3n) is 6.88. The van der Waals surface area contributed by atoms with Crippen LogP contribution in [-0.4, -0.2) is 71.6 Å². The van der Waals surface area contributed by atoms with Gasteiger partial charge in [-0.05, 0) is 38.0 Å². The predicted octanol–water partition coefficient (Wildman–Crippen LogP) is 1.30. The van der Waals surface area contributed by atoms with Crippen molar-refractivity contribution in [3.63, 3.8) is 0 Å². The van der Waals surface area contributed by atoms with Crippen LogP contribution in [-0.2, 0) is 4.79 Å². The van der Waals surface area contributed by atoms with Crippen molar-refractivity contribution in [3.05, 3.63) is 0 Å². The quantitative estimate of drug-likeness (QED) is 0.400. The van der Waals surface area contributed by atoms with E-state index in [1.54, 1.807) is 6.92 Å². The van der Waals surface area contributed by atoms with Crippen LogP contribution in [0.4, 0.5) is 22.0 Å². The van der Waals surface area contributed by atoms with Crippen molar-refractivity contribution in [3.8, 4) is 0 Å². The van der Waals surface area contributed by atoms with E-state index in [2.05, 4.69) is 26.4 Å². The van der Waals surface area contributed by atoms with Crippen LogP contribution >= 0.6 is 0 Å². The van der Waals surface area contributed by atoms with E-state index in [4.69, 9.17) is 0 Å². The van der Waals surface area contributed by atoms with Gasteiger partial charge in [-0.15, -0.1) is 0 Å². The van der Waals surface area contributed by atoms with Gasteiger partial charge in [-0.2, -0.15) is 13.2 Å². The van der Waals surface area contributed by atoms with Crippen LogP contribution < -0.4 is 21.5 Å². The standard InChI is InChI=1S/C19H32F5N5O2/c1-11-3-4-13(12(9-11)18(31,17(2,20)21)19(22,23)24)26-16(30)14-5-6-15(28-27-14)29-8-7-25-10-29/h11-15,25,27-28,31H,3-10H2,1-2H3,(H,26,30). The minimum atomic E-state index is -5.54. The Labute approximate surface area is 178 Å². The molecule has 0 aromatic carbocycles. The molecule has 0 spiro atoms. The summed E-state index contributed by atoms with van der Waals surface area (Å²) in [6, 6.07) is -1.91. The molecule has 0 radical (unpaired) electrons. The van der Waals surface area contributed by atoms with Crippen molar-refractivity contribution in [1.29, 1.82) is 0 Å². The van der Waals surface area contributed by atoms with Gasteiger partial charge in [0.25, 0.3) is 5.92 Å². The summed E-state index contributed by atoms with van der Waals surface area (Å²) >= 11 is 0. The van der Waals surface area contributed by atoms with E-state index in [1.165, 1.54) is 0 Å². The topological polar surface area (TPSA) is 88.7 Å². The highest BCUT2D eigenvalue weighted by Crippen LogP contribution is 2.51. The lowest BCUT2D eigenvalue weighted by molar-refractivity contribution is -0.351. The number of hydrazine groups is 1. The molecule has 0 aromatic heterocycles. The minimum absolute atomic E-state index is 0.0245. The Morgan fingerprint density at radius 3 is 2.32 bits per heavy atom. The van der Waals surface area contributed by atoms with Crippen molar-refractivity contribution in [2.24, 2.45) is 11.8 Å². The molecule has 0 aromatic rings. The van der Waals surface area contributed by atoms with Gasteiger partial charge >= 0.3 is 6.18 Å². The first-order valence-corrected chi connectivity index (χ1v) is 10.8. The van der Waals surface area contributed by atoms with Crippen LogP contribution in [0.5, 0.6) is 0 Å². The third kappa shape index (κ3) is 4.97. The maximum Gasteiger partial charge on any atom is 0.423 e. The van der Waals surface area contributed by atoms with Gasteiger partial charge in [-0.1, -0.05) is 6.92 Å². The molecule has 2 heterocycles. The summed E-state index contributed by atoms with van der Waals surface area (Å²) in [4.78, 5) is 14.9. The van der Waals surface area contributed by atoms with Gasteiger partial charge in [0, 0.05) is 38.6 Å². The smallest absolute Gasteiger partial charge is 0.376 e. The Bertz CT molecular complexity index is 616. The van der Waals surface area contributed by atoms with Gasteiger partial charge in [-0.25, -0.2) is 19.6 Å². The molecule has 1 aliphatic carbocycles. The van der Waals surface area contributed by atoms with Crippen LogP contribution in [0.15, 0.2) is 0 Å². The largest absolute Gasteiger partial charge is 0.423 e. The molecule has 1 saturated carbocycles. The molecule has 6 unspecified atom stereocenters. The van der Waals surface area contributed by atoms with Gasteiger partial charge < -0.3 is 15.7 Å². The van der Waals surface area contributed by atoms with Crippen molar-refractivity contribution in [1.82, 2.24) is 26.4 Å². The fraction of sp³-hybridized carbons (Fsp3) is 0.947. The summed E-state index contributed by atoms with van der Waals surface area (Å²) < 4.78 is 69.3. The number of nitrogens with one attached hydrogen (secondary N) is 4. The van der Waals surface area contributed by atoms with Crippen molar-refractivity contribution < 1.29 is 31.9 Å². The second-order valence-corrected chi connectivity index (χ2v) is 9.20. The number of carbonyl (C=O) groups is 1. The molecule has 5 N–H and O–H groups in total. The normalized spacial score (nSPS) is 35.5. The van der Waals surface area contributed by atoms with E-state index in [1.807, 2.05) is 0 Å². The number of nitrogens with zero attached hydrogens (tertiary/aromatic N) is 1. The predicted molar refractivity (Wildman–Crippen MR) is 103 cm³/mol. The van der Waals surface area contributed by atoms with Crippen molar-refractivity contribution in [2.45, 2.75) is 81.9 Å². The number of amides is 1. The van der Waals surface area contributed by atoms with Crippen LogP contribution in [0.25, 0.3) is 0 Å². The zero-order valence-corrected chi connectivity index (χ0v) is 17.7. The highest BCUT2D eigenvalue weighted by molar-refractivity contribution is 5.82. The lowest BCUT2D eigenvalue weighted by Crippen LogP contribution is -2.68. The fourth-order valence-corrected chi connectivity index (χ4v) is 5.01. The van der Waals surface area contributed by atoms with E-state index in [-0.39, 0.29) is 31.8 Å². The minimum Gasteiger partial charge on any atom is -0.376 e. The maximum atomic E-state index is 14.1. The first-order valence-electron chi connectivity index (χ1n) is 10.8.